The lowest BCUT2D eigenvalue weighted by atomic mass is 10.1. The Labute approximate surface area is 122 Å². The molecule has 20 heavy (non-hydrogen) atoms. The molecule has 0 spiro atoms. The number of nitrogens with one attached hydrogen (secondary N) is 1. The van der Waals surface area contributed by atoms with Crippen molar-refractivity contribution in [3.63, 3.8) is 0 Å². The summed E-state index contributed by atoms with van der Waals surface area (Å²) in [4.78, 5) is 0. The molecule has 1 fully saturated rings. The molecule has 112 valence electrons. The van der Waals surface area contributed by atoms with E-state index in [0.29, 0.717) is 12.1 Å². The van der Waals surface area contributed by atoms with E-state index in [-0.39, 0.29) is 6.10 Å². The van der Waals surface area contributed by atoms with Crippen molar-refractivity contribution in [3.05, 3.63) is 29.8 Å². The van der Waals surface area contributed by atoms with Crippen LogP contribution in [-0.2, 0) is 4.74 Å². The van der Waals surface area contributed by atoms with Crippen molar-refractivity contribution in [1.29, 1.82) is 0 Å². The summed E-state index contributed by atoms with van der Waals surface area (Å²) in [6, 6.07) is 8.75. The van der Waals surface area contributed by atoms with E-state index in [4.69, 9.17) is 9.47 Å². The first kappa shape index (κ1) is 15.3. The summed E-state index contributed by atoms with van der Waals surface area (Å²) in [6.07, 6.45) is 4.08. The molecule has 0 amide bonds. The van der Waals surface area contributed by atoms with Crippen molar-refractivity contribution in [3.8, 4) is 5.75 Å². The number of ether oxygens (including phenoxy) is 2. The Morgan fingerprint density at radius 3 is 2.65 bits per heavy atom. The zero-order valence-corrected chi connectivity index (χ0v) is 12.9. The smallest absolute Gasteiger partial charge is 0.119 e. The molecule has 3 atom stereocenters. The van der Waals surface area contributed by atoms with E-state index in [9.17, 15) is 0 Å². The second-order valence-corrected chi connectivity index (χ2v) is 5.67. The maximum Gasteiger partial charge on any atom is 0.119 e. The fourth-order valence-electron chi connectivity index (χ4n) is 2.38. The van der Waals surface area contributed by atoms with Gasteiger partial charge in [-0.3, -0.25) is 0 Å². The second-order valence-electron chi connectivity index (χ2n) is 5.67. The van der Waals surface area contributed by atoms with E-state index in [1.807, 2.05) is 0 Å². The standard InChI is InChI=1S/C17H27NO2/c1-4-13(2)20-16-9-7-15(8-10-16)14(3)18-12-17-6-5-11-19-17/h7-10,13-14,17-18H,4-6,11-12H2,1-3H3/t13-,14-,17+/m1/s1. The molecule has 0 radical (unpaired) electrons. The molecular weight excluding hydrogens is 250 g/mol. The van der Waals surface area contributed by atoms with Gasteiger partial charge in [-0.2, -0.15) is 0 Å². The highest BCUT2D eigenvalue weighted by Crippen LogP contribution is 2.20. The summed E-state index contributed by atoms with van der Waals surface area (Å²) in [7, 11) is 0. The van der Waals surface area contributed by atoms with E-state index in [1.165, 1.54) is 18.4 Å². The van der Waals surface area contributed by atoms with Crippen LogP contribution in [0.15, 0.2) is 24.3 Å². The number of hydrogen-bond donors (Lipinski definition) is 1. The maximum absolute atomic E-state index is 5.80. The van der Waals surface area contributed by atoms with Crippen LogP contribution in [-0.4, -0.2) is 25.4 Å². The zero-order valence-electron chi connectivity index (χ0n) is 12.9. The van der Waals surface area contributed by atoms with Crippen molar-refractivity contribution in [2.24, 2.45) is 0 Å². The van der Waals surface area contributed by atoms with Crippen molar-refractivity contribution in [1.82, 2.24) is 5.32 Å². The van der Waals surface area contributed by atoms with Gasteiger partial charge in [-0.25, -0.2) is 0 Å². The molecule has 1 N–H and O–H groups in total. The van der Waals surface area contributed by atoms with Gasteiger partial charge < -0.3 is 14.8 Å². The van der Waals surface area contributed by atoms with Gasteiger partial charge in [-0.15, -0.1) is 0 Å². The van der Waals surface area contributed by atoms with Gasteiger partial charge in [0.15, 0.2) is 0 Å². The topological polar surface area (TPSA) is 30.5 Å². The zero-order chi connectivity index (χ0) is 14.4. The van der Waals surface area contributed by atoms with Gasteiger partial charge in [0.2, 0.25) is 0 Å². The number of benzene rings is 1. The molecule has 1 aliphatic heterocycles. The van der Waals surface area contributed by atoms with E-state index in [2.05, 4.69) is 50.4 Å². The van der Waals surface area contributed by atoms with Gasteiger partial charge in [0.05, 0.1) is 12.2 Å². The third-order valence-electron chi connectivity index (χ3n) is 3.97. The van der Waals surface area contributed by atoms with E-state index in [1.54, 1.807) is 0 Å². The van der Waals surface area contributed by atoms with Gasteiger partial charge in [-0.1, -0.05) is 19.1 Å². The fraction of sp³-hybridized carbons (Fsp3) is 0.647. The van der Waals surface area contributed by atoms with Crippen LogP contribution in [0, 0.1) is 0 Å². The molecule has 3 nitrogen and oxygen atoms in total. The fourth-order valence-corrected chi connectivity index (χ4v) is 2.38. The Kier molecular flexibility index (Phi) is 5.86. The Hall–Kier alpha value is -1.06. The van der Waals surface area contributed by atoms with E-state index in [0.717, 1.165) is 25.3 Å². The third kappa shape index (κ3) is 4.50. The summed E-state index contributed by atoms with van der Waals surface area (Å²) in [6.45, 7) is 8.28. The van der Waals surface area contributed by atoms with Crippen LogP contribution in [0.5, 0.6) is 5.75 Å². The Morgan fingerprint density at radius 2 is 2.05 bits per heavy atom. The van der Waals surface area contributed by atoms with E-state index >= 15 is 0 Å². The van der Waals surface area contributed by atoms with Crippen LogP contribution in [0.25, 0.3) is 0 Å². The van der Waals surface area contributed by atoms with Crippen molar-refractivity contribution in [2.45, 2.75) is 58.3 Å². The highest BCUT2D eigenvalue weighted by molar-refractivity contribution is 5.29. The summed E-state index contributed by atoms with van der Waals surface area (Å²) < 4.78 is 11.4. The van der Waals surface area contributed by atoms with Crippen LogP contribution < -0.4 is 10.1 Å². The molecule has 2 rings (SSSR count). The lowest BCUT2D eigenvalue weighted by Crippen LogP contribution is -2.28. The average molecular weight is 277 g/mol. The van der Waals surface area contributed by atoms with Gasteiger partial charge in [0.25, 0.3) is 0 Å². The molecule has 1 aromatic rings. The van der Waals surface area contributed by atoms with E-state index < -0.39 is 0 Å². The highest BCUT2D eigenvalue weighted by Gasteiger charge is 2.16. The van der Waals surface area contributed by atoms with Crippen LogP contribution in [0.3, 0.4) is 0 Å². The normalized spacial score (nSPS) is 21.6. The lowest BCUT2D eigenvalue weighted by Gasteiger charge is -2.18. The quantitative estimate of drug-likeness (QED) is 0.824. The molecule has 1 aromatic carbocycles. The first-order valence-electron chi connectivity index (χ1n) is 7.80. The van der Waals surface area contributed by atoms with Crippen LogP contribution in [0.1, 0.15) is 51.6 Å². The third-order valence-corrected chi connectivity index (χ3v) is 3.97. The first-order valence-corrected chi connectivity index (χ1v) is 7.80. The summed E-state index contributed by atoms with van der Waals surface area (Å²) in [5, 5.41) is 3.55. The minimum Gasteiger partial charge on any atom is -0.491 e. The molecule has 1 saturated heterocycles. The minimum absolute atomic E-state index is 0.274. The predicted molar refractivity (Wildman–Crippen MR) is 82.2 cm³/mol. The SMILES string of the molecule is CC[C@@H](C)Oc1ccc([C@@H](C)NC[C@@H]2CCCO2)cc1. The molecule has 1 heterocycles. The molecule has 0 aliphatic carbocycles. The highest BCUT2D eigenvalue weighted by atomic mass is 16.5. The second kappa shape index (κ2) is 7.65. The molecule has 0 saturated carbocycles. The summed E-state index contributed by atoms with van der Waals surface area (Å²) in [5.74, 6) is 0.953. The Morgan fingerprint density at radius 1 is 1.30 bits per heavy atom. The lowest BCUT2D eigenvalue weighted by molar-refractivity contribution is 0.108. The molecule has 0 bridgehead atoms. The summed E-state index contributed by atoms with van der Waals surface area (Å²) >= 11 is 0. The van der Waals surface area contributed by atoms with Gasteiger partial charge >= 0.3 is 0 Å². The largest absolute Gasteiger partial charge is 0.491 e. The Bertz CT molecular complexity index is 384. The predicted octanol–water partition coefficient (Wildman–Crippen LogP) is 3.69. The molecular formula is C17H27NO2. The van der Waals surface area contributed by atoms with Crippen molar-refractivity contribution >= 4 is 0 Å². The molecule has 3 heteroatoms. The summed E-state index contributed by atoms with van der Waals surface area (Å²) in [5.41, 5.74) is 1.29. The molecule has 0 unspecified atom stereocenters. The Balaban J connectivity index is 1.81. The van der Waals surface area contributed by atoms with Crippen LogP contribution in [0.2, 0.25) is 0 Å². The monoisotopic (exact) mass is 277 g/mol. The van der Waals surface area contributed by atoms with Crippen LogP contribution in [0.4, 0.5) is 0 Å². The van der Waals surface area contributed by atoms with Crippen LogP contribution >= 0.6 is 0 Å². The first-order chi connectivity index (χ1) is 9.69. The van der Waals surface area contributed by atoms with Gasteiger partial charge in [-0.05, 0) is 50.8 Å². The minimum atomic E-state index is 0.274. The van der Waals surface area contributed by atoms with Crippen molar-refractivity contribution in [2.75, 3.05) is 13.2 Å². The van der Waals surface area contributed by atoms with Crippen molar-refractivity contribution < 1.29 is 9.47 Å². The molecule has 1 aliphatic rings. The van der Waals surface area contributed by atoms with Gasteiger partial charge in [0.1, 0.15) is 5.75 Å². The average Bonchev–Trinajstić information content (AvgIpc) is 2.98. The van der Waals surface area contributed by atoms with Gasteiger partial charge in [0, 0.05) is 19.2 Å². The molecule has 0 aromatic heterocycles. The number of rotatable bonds is 7. The maximum atomic E-state index is 5.80. The number of hydrogen-bond acceptors (Lipinski definition) is 3.